The Morgan fingerprint density at radius 1 is 1.03 bits per heavy atom. The topological polar surface area (TPSA) is 125 Å². The summed E-state index contributed by atoms with van der Waals surface area (Å²) < 4.78 is 32.2. The van der Waals surface area contributed by atoms with E-state index in [0.717, 1.165) is 9.87 Å². The minimum absolute atomic E-state index is 0.0280. The summed E-state index contributed by atoms with van der Waals surface area (Å²) in [5.74, 6) is -0.833. The van der Waals surface area contributed by atoms with E-state index in [9.17, 15) is 18.0 Å². The van der Waals surface area contributed by atoms with E-state index in [-0.39, 0.29) is 29.9 Å². The van der Waals surface area contributed by atoms with Crippen LogP contribution in [-0.2, 0) is 26.2 Å². The molecule has 0 atom stereocenters. The van der Waals surface area contributed by atoms with Crippen LogP contribution in [-0.4, -0.2) is 49.4 Å². The predicted octanol–water partition coefficient (Wildman–Crippen LogP) is 1.53. The van der Waals surface area contributed by atoms with Crippen molar-refractivity contribution in [2.45, 2.75) is 25.3 Å². The number of sulfonamides is 1. The predicted molar refractivity (Wildman–Crippen MR) is 114 cm³/mol. The van der Waals surface area contributed by atoms with Crippen LogP contribution in [0.5, 0.6) is 5.75 Å². The van der Waals surface area contributed by atoms with Gasteiger partial charge in [-0.25, -0.2) is 13.9 Å². The van der Waals surface area contributed by atoms with Crippen molar-refractivity contribution >= 4 is 21.8 Å². The highest BCUT2D eigenvalue weighted by atomic mass is 32.2. The van der Waals surface area contributed by atoms with E-state index in [1.54, 1.807) is 0 Å². The zero-order valence-electron chi connectivity index (χ0n) is 17.4. The molecule has 2 aromatic carbocycles. The van der Waals surface area contributed by atoms with E-state index in [1.807, 2.05) is 44.2 Å². The molecule has 0 unspecified atom stereocenters. The summed E-state index contributed by atoms with van der Waals surface area (Å²) in [5, 5.41) is 11.5. The molecule has 2 amide bonds. The lowest BCUT2D eigenvalue weighted by Crippen LogP contribution is -2.41. The maximum atomic E-state index is 12.9. The molecule has 0 aliphatic heterocycles. The van der Waals surface area contributed by atoms with Crippen molar-refractivity contribution in [2.75, 3.05) is 19.7 Å². The van der Waals surface area contributed by atoms with Gasteiger partial charge in [-0.15, -0.1) is 0 Å². The van der Waals surface area contributed by atoms with Crippen LogP contribution in [0.3, 0.4) is 0 Å². The number of rotatable bonds is 11. The molecule has 0 saturated carbocycles. The Kier molecular flexibility index (Phi) is 8.98. The number of hydrogen-bond acceptors (Lipinski definition) is 6. The summed E-state index contributed by atoms with van der Waals surface area (Å²) >= 11 is 0. The van der Waals surface area contributed by atoms with Gasteiger partial charge in [0.1, 0.15) is 5.75 Å². The first-order valence-electron chi connectivity index (χ1n) is 9.69. The molecule has 0 fully saturated rings. The highest BCUT2D eigenvalue weighted by molar-refractivity contribution is 7.89. The second kappa shape index (κ2) is 11.4. The molecule has 3 N–H and O–H groups in total. The number of amides is 2. The maximum absolute atomic E-state index is 12.9. The molecule has 0 radical (unpaired) electrons. The average molecular weight is 450 g/mol. The van der Waals surface area contributed by atoms with E-state index < -0.39 is 22.5 Å². The van der Waals surface area contributed by atoms with Gasteiger partial charge in [-0.2, -0.15) is 4.31 Å². The summed E-state index contributed by atoms with van der Waals surface area (Å²) in [6.45, 7) is 3.41. The van der Waals surface area contributed by atoms with Crippen LogP contribution in [0.1, 0.15) is 19.4 Å². The van der Waals surface area contributed by atoms with Gasteiger partial charge in [0.2, 0.25) is 10.0 Å². The summed E-state index contributed by atoms with van der Waals surface area (Å²) in [6, 6.07) is 15.0. The van der Waals surface area contributed by atoms with Gasteiger partial charge in [0.15, 0.2) is 6.61 Å². The van der Waals surface area contributed by atoms with Crippen molar-refractivity contribution in [1.29, 1.82) is 0 Å². The highest BCUT2D eigenvalue weighted by Crippen LogP contribution is 2.20. The quantitative estimate of drug-likeness (QED) is 0.353. The Labute approximate surface area is 182 Å². The molecule has 0 bridgehead atoms. The minimum atomic E-state index is -3.96. The molecule has 168 valence electrons. The number of nitrogens with one attached hydrogen (secondary N) is 2. The van der Waals surface area contributed by atoms with Crippen molar-refractivity contribution in [3.05, 3.63) is 60.2 Å². The van der Waals surface area contributed by atoms with Crippen LogP contribution in [0.15, 0.2) is 59.5 Å². The van der Waals surface area contributed by atoms with E-state index in [1.165, 1.54) is 29.7 Å². The van der Waals surface area contributed by atoms with Crippen molar-refractivity contribution in [3.8, 4) is 5.75 Å². The van der Waals surface area contributed by atoms with Gasteiger partial charge in [-0.1, -0.05) is 44.2 Å². The molecular formula is C21H27N3O6S. The summed E-state index contributed by atoms with van der Waals surface area (Å²) in [6.07, 6.45) is 0. The second-order valence-electron chi connectivity index (χ2n) is 7.25. The fourth-order valence-corrected chi connectivity index (χ4v) is 4.26. The zero-order chi connectivity index (χ0) is 22.9. The SMILES string of the molecule is CC(C)CN(CC(=O)NO)S(=O)(=O)c1ccc(OCC(=O)NCc2ccccc2)cc1. The van der Waals surface area contributed by atoms with Crippen LogP contribution in [0.4, 0.5) is 0 Å². The Hall–Kier alpha value is -2.95. The minimum Gasteiger partial charge on any atom is -0.484 e. The maximum Gasteiger partial charge on any atom is 0.258 e. The van der Waals surface area contributed by atoms with Crippen molar-refractivity contribution in [3.63, 3.8) is 0 Å². The van der Waals surface area contributed by atoms with Gasteiger partial charge in [-0.05, 0) is 35.7 Å². The molecule has 0 spiro atoms. The third-order valence-electron chi connectivity index (χ3n) is 4.18. The van der Waals surface area contributed by atoms with Crippen LogP contribution in [0.2, 0.25) is 0 Å². The zero-order valence-corrected chi connectivity index (χ0v) is 18.3. The van der Waals surface area contributed by atoms with Gasteiger partial charge >= 0.3 is 0 Å². The molecule has 2 aromatic rings. The lowest BCUT2D eigenvalue weighted by Gasteiger charge is -2.23. The number of ether oxygens (including phenoxy) is 1. The van der Waals surface area contributed by atoms with Crippen molar-refractivity contribution in [1.82, 2.24) is 15.1 Å². The first-order valence-corrected chi connectivity index (χ1v) is 11.1. The van der Waals surface area contributed by atoms with Crippen molar-refractivity contribution in [2.24, 2.45) is 5.92 Å². The second-order valence-corrected chi connectivity index (χ2v) is 9.19. The van der Waals surface area contributed by atoms with E-state index in [4.69, 9.17) is 9.94 Å². The Morgan fingerprint density at radius 2 is 1.68 bits per heavy atom. The molecule has 0 aromatic heterocycles. The first kappa shape index (κ1) is 24.3. The molecule has 0 heterocycles. The van der Waals surface area contributed by atoms with Gasteiger partial charge in [0, 0.05) is 13.1 Å². The number of benzene rings is 2. The van der Waals surface area contributed by atoms with Gasteiger partial charge in [-0.3, -0.25) is 14.8 Å². The number of carbonyl (C=O) groups excluding carboxylic acids is 2. The van der Waals surface area contributed by atoms with Crippen LogP contribution >= 0.6 is 0 Å². The summed E-state index contributed by atoms with van der Waals surface area (Å²) in [4.78, 5) is 23.4. The van der Waals surface area contributed by atoms with E-state index >= 15 is 0 Å². The monoisotopic (exact) mass is 449 g/mol. The lowest BCUT2D eigenvalue weighted by atomic mass is 10.2. The molecule has 0 aliphatic rings. The van der Waals surface area contributed by atoms with E-state index in [2.05, 4.69) is 5.32 Å². The molecule has 10 heteroatoms. The number of hydroxylamine groups is 1. The molecule has 0 saturated heterocycles. The van der Waals surface area contributed by atoms with E-state index in [0.29, 0.717) is 12.3 Å². The smallest absolute Gasteiger partial charge is 0.258 e. The summed E-state index contributed by atoms with van der Waals surface area (Å²) in [7, 11) is -3.96. The third-order valence-corrected chi connectivity index (χ3v) is 6.00. The first-order chi connectivity index (χ1) is 14.7. The normalized spacial score (nSPS) is 11.4. The van der Waals surface area contributed by atoms with Gasteiger partial charge in [0.05, 0.1) is 11.4 Å². The fourth-order valence-electron chi connectivity index (χ4n) is 2.70. The number of nitrogens with zero attached hydrogens (tertiary/aromatic N) is 1. The Bertz CT molecular complexity index is 962. The fraction of sp³-hybridized carbons (Fsp3) is 0.333. The standard InChI is InChI=1S/C21H27N3O6S/c1-16(2)13-24(14-20(25)23-27)31(28,29)19-10-8-18(9-11-19)30-15-21(26)22-12-17-6-4-3-5-7-17/h3-11,16,27H,12-15H2,1-2H3,(H,22,26)(H,23,25). The summed E-state index contributed by atoms with van der Waals surface area (Å²) in [5.41, 5.74) is 2.41. The number of hydrogen-bond donors (Lipinski definition) is 3. The van der Waals surface area contributed by atoms with Crippen LogP contribution in [0.25, 0.3) is 0 Å². The molecule has 0 aliphatic carbocycles. The third kappa shape index (κ3) is 7.67. The Morgan fingerprint density at radius 3 is 2.26 bits per heavy atom. The van der Waals surface area contributed by atoms with Crippen molar-refractivity contribution < 1.29 is 28.0 Å². The van der Waals surface area contributed by atoms with Gasteiger partial charge in [0.25, 0.3) is 11.8 Å². The van der Waals surface area contributed by atoms with Gasteiger partial charge < -0.3 is 10.1 Å². The lowest BCUT2D eigenvalue weighted by molar-refractivity contribution is -0.129. The largest absolute Gasteiger partial charge is 0.484 e. The molecule has 2 rings (SSSR count). The average Bonchev–Trinajstić information content (AvgIpc) is 2.76. The van der Waals surface area contributed by atoms with Crippen LogP contribution in [0, 0.1) is 5.92 Å². The molecular weight excluding hydrogens is 422 g/mol. The highest BCUT2D eigenvalue weighted by Gasteiger charge is 2.27. The molecule has 9 nitrogen and oxygen atoms in total. The Balaban J connectivity index is 1.97. The number of carbonyl (C=O) groups is 2. The molecule has 31 heavy (non-hydrogen) atoms. The van der Waals surface area contributed by atoms with Crippen LogP contribution < -0.4 is 15.5 Å².